The van der Waals surface area contributed by atoms with Crippen LogP contribution in [0.25, 0.3) is 0 Å². The Morgan fingerprint density at radius 1 is 1.67 bits per heavy atom. The summed E-state index contributed by atoms with van der Waals surface area (Å²) >= 11 is 0. The molecular weight excluding hydrogens is 230 g/mol. The molecular formula is C13H17N3O2. The van der Waals surface area contributed by atoms with Gasteiger partial charge in [0, 0.05) is 25.8 Å². The molecule has 1 aromatic rings. The van der Waals surface area contributed by atoms with E-state index in [9.17, 15) is 0 Å². The third-order valence-corrected chi connectivity index (χ3v) is 3.32. The molecule has 2 rings (SSSR count). The van der Waals surface area contributed by atoms with Gasteiger partial charge in [0.2, 0.25) is 0 Å². The lowest BCUT2D eigenvalue weighted by atomic mass is 9.90. The Hall–Kier alpha value is -1.64. The van der Waals surface area contributed by atoms with Crippen LogP contribution in [0.15, 0.2) is 12.3 Å². The standard InChI is InChI=1S/C13H17N3O2/c1-17-12-2-3-18-8-10(12)4-9-5-13(15)16-7-11(9)6-14/h5,7,10,12H,2-4,8H2,1H3,(H2,15,16)/t10-,12-/m0/s1. The molecule has 1 aromatic heterocycles. The number of aromatic nitrogens is 1. The van der Waals surface area contributed by atoms with Gasteiger partial charge in [-0.3, -0.25) is 0 Å². The molecule has 0 aliphatic carbocycles. The zero-order valence-corrected chi connectivity index (χ0v) is 10.4. The highest BCUT2D eigenvalue weighted by atomic mass is 16.5. The van der Waals surface area contributed by atoms with Gasteiger partial charge in [0.15, 0.2) is 0 Å². The maximum absolute atomic E-state index is 9.07. The van der Waals surface area contributed by atoms with E-state index < -0.39 is 0 Å². The lowest BCUT2D eigenvalue weighted by Gasteiger charge is -2.30. The van der Waals surface area contributed by atoms with E-state index in [2.05, 4.69) is 11.1 Å². The zero-order chi connectivity index (χ0) is 13.0. The van der Waals surface area contributed by atoms with Crippen LogP contribution in [-0.4, -0.2) is 31.4 Å². The van der Waals surface area contributed by atoms with Gasteiger partial charge in [-0.2, -0.15) is 5.26 Å². The average molecular weight is 247 g/mol. The molecule has 5 nitrogen and oxygen atoms in total. The highest BCUT2D eigenvalue weighted by Crippen LogP contribution is 2.23. The summed E-state index contributed by atoms with van der Waals surface area (Å²) < 4.78 is 11.0. The molecule has 1 aliphatic rings. The summed E-state index contributed by atoms with van der Waals surface area (Å²) in [5.41, 5.74) is 7.16. The van der Waals surface area contributed by atoms with E-state index in [1.807, 2.05) is 0 Å². The van der Waals surface area contributed by atoms with Crippen molar-refractivity contribution >= 4 is 5.82 Å². The predicted molar refractivity (Wildman–Crippen MR) is 66.8 cm³/mol. The van der Waals surface area contributed by atoms with E-state index in [0.29, 0.717) is 18.0 Å². The molecule has 5 heteroatoms. The van der Waals surface area contributed by atoms with Crippen molar-refractivity contribution in [2.45, 2.75) is 18.9 Å². The lowest BCUT2D eigenvalue weighted by molar-refractivity contribution is -0.0556. The summed E-state index contributed by atoms with van der Waals surface area (Å²) in [5.74, 6) is 0.701. The minimum Gasteiger partial charge on any atom is -0.384 e. The van der Waals surface area contributed by atoms with E-state index in [-0.39, 0.29) is 12.0 Å². The van der Waals surface area contributed by atoms with E-state index in [4.69, 9.17) is 20.5 Å². The van der Waals surface area contributed by atoms with Gasteiger partial charge in [0.05, 0.1) is 18.3 Å². The van der Waals surface area contributed by atoms with Crippen LogP contribution in [0.2, 0.25) is 0 Å². The number of nitrogens with zero attached hydrogens (tertiary/aromatic N) is 2. The number of nitrogens with two attached hydrogens (primary N) is 1. The molecule has 96 valence electrons. The average Bonchev–Trinajstić information content (AvgIpc) is 2.40. The van der Waals surface area contributed by atoms with Crippen LogP contribution in [0.3, 0.4) is 0 Å². The number of hydrogen-bond donors (Lipinski definition) is 1. The van der Waals surface area contributed by atoms with Crippen molar-refractivity contribution in [3.05, 3.63) is 23.4 Å². The molecule has 0 spiro atoms. The van der Waals surface area contributed by atoms with Gasteiger partial charge in [-0.25, -0.2) is 4.98 Å². The number of ether oxygens (including phenoxy) is 2. The third-order valence-electron chi connectivity index (χ3n) is 3.32. The summed E-state index contributed by atoms with van der Waals surface area (Å²) in [4.78, 5) is 3.94. The number of rotatable bonds is 3. The number of nitrogen functional groups attached to an aromatic ring is 1. The van der Waals surface area contributed by atoms with Gasteiger partial charge < -0.3 is 15.2 Å². The SMILES string of the molecule is CO[C@H]1CCOC[C@@H]1Cc1cc(N)ncc1C#N. The Morgan fingerprint density at radius 3 is 3.22 bits per heavy atom. The summed E-state index contributed by atoms with van der Waals surface area (Å²) in [6.45, 7) is 1.39. The Labute approximate surface area is 107 Å². The van der Waals surface area contributed by atoms with Crippen molar-refractivity contribution in [3.63, 3.8) is 0 Å². The first-order valence-electron chi connectivity index (χ1n) is 5.99. The number of anilines is 1. The first kappa shape index (κ1) is 12.8. The minimum atomic E-state index is 0.180. The van der Waals surface area contributed by atoms with E-state index in [1.54, 1.807) is 13.2 Å². The predicted octanol–water partition coefficient (Wildman–Crippen LogP) is 1.13. The molecule has 2 N–H and O–H groups in total. The maximum Gasteiger partial charge on any atom is 0.123 e. The van der Waals surface area contributed by atoms with Crippen LogP contribution in [0, 0.1) is 17.2 Å². The molecule has 0 radical (unpaired) electrons. The summed E-state index contributed by atoms with van der Waals surface area (Å²) in [7, 11) is 1.72. The summed E-state index contributed by atoms with van der Waals surface area (Å²) in [5, 5.41) is 9.07. The Morgan fingerprint density at radius 2 is 2.50 bits per heavy atom. The van der Waals surface area contributed by atoms with Gasteiger partial charge in [0.1, 0.15) is 11.9 Å². The quantitative estimate of drug-likeness (QED) is 0.865. The molecule has 1 aliphatic heterocycles. The van der Waals surface area contributed by atoms with Gasteiger partial charge >= 0.3 is 0 Å². The molecule has 0 amide bonds. The normalized spacial score (nSPS) is 23.6. The molecule has 0 saturated carbocycles. The zero-order valence-electron chi connectivity index (χ0n) is 10.4. The highest BCUT2D eigenvalue weighted by Gasteiger charge is 2.26. The second-order valence-corrected chi connectivity index (χ2v) is 4.48. The Kier molecular flexibility index (Phi) is 4.13. The van der Waals surface area contributed by atoms with Gasteiger partial charge in [-0.05, 0) is 24.5 Å². The first-order valence-corrected chi connectivity index (χ1v) is 5.99. The van der Waals surface area contributed by atoms with Gasteiger partial charge in [-0.1, -0.05) is 0 Å². The Bertz CT molecular complexity index is 456. The van der Waals surface area contributed by atoms with Crippen LogP contribution < -0.4 is 5.73 Å². The second kappa shape index (κ2) is 5.80. The molecule has 1 fully saturated rings. The molecule has 18 heavy (non-hydrogen) atoms. The van der Waals surface area contributed by atoms with E-state index >= 15 is 0 Å². The summed E-state index contributed by atoms with van der Waals surface area (Å²) in [6.07, 6.45) is 3.33. The van der Waals surface area contributed by atoms with Gasteiger partial charge in [-0.15, -0.1) is 0 Å². The second-order valence-electron chi connectivity index (χ2n) is 4.48. The number of nitriles is 1. The molecule has 0 aromatic carbocycles. The van der Waals surface area contributed by atoms with Crippen LogP contribution >= 0.6 is 0 Å². The van der Waals surface area contributed by atoms with Crippen molar-refractivity contribution in [1.82, 2.24) is 4.98 Å². The topological polar surface area (TPSA) is 81.2 Å². The monoisotopic (exact) mass is 247 g/mol. The largest absolute Gasteiger partial charge is 0.384 e. The highest BCUT2D eigenvalue weighted by molar-refractivity contribution is 5.43. The van der Waals surface area contributed by atoms with Crippen molar-refractivity contribution in [3.8, 4) is 6.07 Å². The van der Waals surface area contributed by atoms with E-state index in [0.717, 1.165) is 25.0 Å². The van der Waals surface area contributed by atoms with Crippen molar-refractivity contribution < 1.29 is 9.47 Å². The molecule has 2 atom stereocenters. The van der Waals surface area contributed by atoms with Crippen LogP contribution in [0.5, 0.6) is 0 Å². The number of hydrogen-bond acceptors (Lipinski definition) is 5. The van der Waals surface area contributed by atoms with Crippen molar-refractivity contribution in [1.29, 1.82) is 5.26 Å². The van der Waals surface area contributed by atoms with Crippen molar-refractivity contribution in [2.24, 2.45) is 5.92 Å². The van der Waals surface area contributed by atoms with Crippen LogP contribution in [0.1, 0.15) is 17.5 Å². The first-order chi connectivity index (χ1) is 8.74. The smallest absolute Gasteiger partial charge is 0.123 e. The fourth-order valence-corrected chi connectivity index (χ4v) is 2.35. The number of methoxy groups -OCH3 is 1. The third kappa shape index (κ3) is 2.78. The maximum atomic E-state index is 9.07. The van der Waals surface area contributed by atoms with Gasteiger partial charge in [0.25, 0.3) is 0 Å². The van der Waals surface area contributed by atoms with E-state index in [1.165, 1.54) is 6.20 Å². The molecule has 2 heterocycles. The summed E-state index contributed by atoms with van der Waals surface area (Å²) in [6, 6.07) is 3.91. The minimum absolute atomic E-state index is 0.180. The molecule has 0 bridgehead atoms. The fraction of sp³-hybridized carbons (Fsp3) is 0.538. The number of pyridine rings is 1. The lowest BCUT2D eigenvalue weighted by Crippen LogP contribution is -2.34. The molecule has 1 saturated heterocycles. The van der Waals surface area contributed by atoms with Crippen molar-refractivity contribution in [2.75, 3.05) is 26.1 Å². The van der Waals surface area contributed by atoms with Crippen LogP contribution in [0.4, 0.5) is 5.82 Å². The fourth-order valence-electron chi connectivity index (χ4n) is 2.35. The molecule has 0 unspecified atom stereocenters. The van der Waals surface area contributed by atoms with Crippen LogP contribution in [-0.2, 0) is 15.9 Å². The Balaban J connectivity index is 2.17.